The smallest absolute Gasteiger partial charge is 0.0891 e. The van der Waals surface area contributed by atoms with Gasteiger partial charge in [0.2, 0.25) is 0 Å². The van der Waals surface area contributed by atoms with E-state index in [1.54, 1.807) is 0 Å². The topological polar surface area (TPSA) is 34.1 Å². The summed E-state index contributed by atoms with van der Waals surface area (Å²) in [6.45, 7) is 8.13. The number of rotatable bonds is 8. The van der Waals surface area contributed by atoms with Crippen LogP contribution in [-0.4, -0.2) is 17.1 Å². The van der Waals surface area contributed by atoms with Gasteiger partial charge in [0.05, 0.1) is 18.4 Å². The number of nitrogens with one attached hydrogen (secondary N) is 1. The van der Waals surface area contributed by atoms with Crippen molar-refractivity contribution in [3.63, 3.8) is 0 Å². The lowest BCUT2D eigenvalue weighted by Gasteiger charge is -2.14. The van der Waals surface area contributed by atoms with Gasteiger partial charge in [0, 0.05) is 18.8 Å². The van der Waals surface area contributed by atoms with Crippen LogP contribution in [0, 0.1) is 5.92 Å². The van der Waals surface area contributed by atoms with Gasteiger partial charge < -0.3 is 10.1 Å². The molecule has 0 radical (unpaired) electrons. The van der Waals surface area contributed by atoms with Crippen LogP contribution in [0.5, 0.6) is 0 Å². The summed E-state index contributed by atoms with van der Waals surface area (Å²) in [4.78, 5) is 4.46. The molecule has 0 aliphatic heterocycles. The molecule has 0 aromatic carbocycles. The van der Waals surface area contributed by atoms with Gasteiger partial charge in [-0.05, 0) is 43.7 Å². The van der Waals surface area contributed by atoms with E-state index >= 15 is 0 Å². The fourth-order valence-corrected chi connectivity index (χ4v) is 2.15. The lowest BCUT2D eigenvalue weighted by atomic mass is 10.1. The van der Waals surface area contributed by atoms with Gasteiger partial charge in [-0.2, -0.15) is 0 Å². The first kappa shape index (κ1) is 14.5. The molecule has 3 nitrogen and oxygen atoms in total. The first-order valence-electron chi connectivity index (χ1n) is 7.42. The van der Waals surface area contributed by atoms with Crippen molar-refractivity contribution >= 4 is 0 Å². The molecule has 19 heavy (non-hydrogen) atoms. The molecule has 1 saturated carbocycles. The first-order valence-corrected chi connectivity index (χ1v) is 7.42. The molecule has 1 unspecified atom stereocenters. The van der Waals surface area contributed by atoms with Gasteiger partial charge in [-0.25, -0.2) is 0 Å². The van der Waals surface area contributed by atoms with Crippen molar-refractivity contribution in [3.8, 4) is 0 Å². The van der Waals surface area contributed by atoms with Gasteiger partial charge >= 0.3 is 0 Å². The van der Waals surface area contributed by atoms with E-state index in [0.717, 1.165) is 24.7 Å². The molecule has 106 valence electrons. The highest BCUT2D eigenvalue weighted by Gasteiger charge is 2.19. The van der Waals surface area contributed by atoms with Crippen molar-refractivity contribution in [2.75, 3.05) is 0 Å². The molecule has 1 fully saturated rings. The fourth-order valence-electron chi connectivity index (χ4n) is 2.15. The largest absolute Gasteiger partial charge is 0.372 e. The molecular weight excluding hydrogens is 236 g/mol. The van der Waals surface area contributed by atoms with Crippen LogP contribution >= 0.6 is 0 Å². The lowest BCUT2D eigenvalue weighted by Crippen LogP contribution is -2.15. The van der Waals surface area contributed by atoms with E-state index in [4.69, 9.17) is 4.74 Å². The predicted octanol–water partition coefficient (Wildman–Crippen LogP) is 3.28. The van der Waals surface area contributed by atoms with Crippen molar-refractivity contribution in [1.82, 2.24) is 10.3 Å². The molecular formula is C16H26N2O. The third-order valence-corrected chi connectivity index (χ3v) is 3.38. The molecule has 1 N–H and O–H groups in total. The lowest BCUT2D eigenvalue weighted by molar-refractivity contribution is 0.0379. The zero-order valence-electron chi connectivity index (χ0n) is 12.4. The Balaban J connectivity index is 1.71. The van der Waals surface area contributed by atoms with Crippen LogP contribution in [-0.2, 0) is 17.9 Å². The van der Waals surface area contributed by atoms with E-state index in [1.165, 1.54) is 18.4 Å². The standard InChI is InChI=1S/C16H26N2O/c1-12(2)8-13(3)19-11-16-5-4-14(10-18-16)9-17-15-6-7-15/h4-5,10,12-13,15,17H,6-9,11H2,1-3H3. The van der Waals surface area contributed by atoms with E-state index in [-0.39, 0.29) is 0 Å². The summed E-state index contributed by atoms with van der Waals surface area (Å²) in [5.41, 5.74) is 2.27. The minimum atomic E-state index is 0.304. The highest BCUT2D eigenvalue weighted by atomic mass is 16.5. The van der Waals surface area contributed by atoms with Crippen molar-refractivity contribution < 1.29 is 4.74 Å². The summed E-state index contributed by atoms with van der Waals surface area (Å²) in [6.07, 6.45) is 6.02. The maximum absolute atomic E-state index is 5.81. The number of pyridine rings is 1. The number of nitrogens with zero attached hydrogens (tertiary/aromatic N) is 1. The van der Waals surface area contributed by atoms with Gasteiger partial charge in [-0.15, -0.1) is 0 Å². The van der Waals surface area contributed by atoms with E-state index in [9.17, 15) is 0 Å². The Morgan fingerprint density at radius 1 is 1.32 bits per heavy atom. The van der Waals surface area contributed by atoms with Crippen LogP contribution in [0.4, 0.5) is 0 Å². The average Bonchev–Trinajstić information content (AvgIpc) is 3.18. The Morgan fingerprint density at radius 3 is 2.68 bits per heavy atom. The minimum Gasteiger partial charge on any atom is -0.372 e. The van der Waals surface area contributed by atoms with Gasteiger partial charge in [0.1, 0.15) is 0 Å². The third kappa shape index (κ3) is 5.70. The number of aromatic nitrogens is 1. The Labute approximate surface area is 116 Å². The summed E-state index contributed by atoms with van der Waals surface area (Å²) < 4.78 is 5.81. The summed E-state index contributed by atoms with van der Waals surface area (Å²) in [5.74, 6) is 0.679. The monoisotopic (exact) mass is 262 g/mol. The maximum Gasteiger partial charge on any atom is 0.0891 e. The molecule has 1 aliphatic rings. The Kier molecular flexibility index (Phi) is 5.34. The second-order valence-corrected chi connectivity index (χ2v) is 6.06. The molecule has 0 bridgehead atoms. The second kappa shape index (κ2) is 7.01. The van der Waals surface area contributed by atoms with Crippen LogP contribution in [0.2, 0.25) is 0 Å². The second-order valence-electron chi connectivity index (χ2n) is 6.06. The quantitative estimate of drug-likeness (QED) is 0.780. The van der Waals surface area contributed by atoms with E-state index in [0.29, 0.717) is 18.6 Å². The van der Waals surface area contributed by atoms with Crippen LogP contribution in [0.1, 0.15) is 51.3 Å². The van der Waals surface area contributed by atoms with Crippen LogP contribution < -0.4 is 5.32 Å². The normalized spacial score (nSPS) is 16.8. The molecule has 2 rings (SSSR count). The SMILES string of the molecule is CC(C)CC(C)OCc1ccc(CNC2CC2)cn1. The van der Waals surface area contributed by atoms with Crippen molar-refractivity contribution in [2.45, 2.75) is 65.3 Å². The van der Waals surface area contributed by atoms with Crippen molar-refractivity contribution in [1.29, 1.82) is 0 Å². The van der Waals surface area contributed by atoms with Crippen molar-refractivity contribution in [3.05, 3.63) is 29.6 Å². The minimum absolute atomic E-state index is 0.304. The molecule has 3 heteroatoms. The molecule has 0 amide bonds. The maximum atomic E-state index is 5.81. The van der Waals surface area contributed by atoms with Crippen LogP contribution in [0.15, 0.2) is 18.3 Å². The van der Waals surface area contributed by atoms with Gasteiger partial charge in [-0.1, -0.05) is 19.9 Å². The van der Waals surface area contributed by atoms with E-state index < -0.39 is 0 Å². The molecule has 1 atom stereocenters. The fraction of sp³-hybridized carbons (Fsp3) is 0.688. The Morgan fingerprint density at radius 2 is 2.11 bits per heavy atom. The molecule has 0 saturated heterocycles. The number of ether oxygens (including phenoxy) is 1. The highest BCUT2D eigenvalue weighted by Crippen LogP contribution is 2.19. The summed E-state index contributed by atoms with van der Waals surface area (Å²) in [5, 5.41) is 3.49. The first-order chi connectivity index (χ1) is 9.13. The van der Waals surface area contributed by atoms with Crippen LogP contribution in [0.3, 0.4) is 0 Å². The highest BCUT2D eigenvalue weighted by molar-refractivity contribution is 5.13. The van der Waals surface area contributed by atoms with E-state index in [1.807, 2.05) is 6.20 Å². The van der Waals surface area contributed by atoms with Crippen molar-refractivity contribution in [2.24, 2.45) is 5.92 Å². The predicted molar refractivity (Wildman–Crippen MR) is 77.8 cm³/mol. The number of hydrogen-bond donors (Lipinski definition) is 1. The summed E-state index contributed by atoms with van der Waals surface area (Å²) >= 11 is 0. The molecule has 1 aromatic rings. The zero-order valence-corrected chi connectivity index (χ0v) is 12.4. The van der Waals surface area contributed by atoms with Gasteiger partial charge in [0.15, 0.2) is 0 Å². The summed E-state index contributed by atoms with van der Waals surface area (Å²) in [6, 6.07) is 4.97. The Bertz CT molecular complexity index is 371. The van der Waals surface area contributed by atoms with E-state index in [2.05, 4.69) is 43.2 Å². The molecule has 1 aromatic heterocycles. The van der Waals surface area contributed by atoms with Crippen LogP contribution in [0.25, 0.3) is 0 Å². The average molecular weight is 262 g/mol. The van der Waals surface area contributed by atoms with Gasteiger partial charge in [-0.3, -0.25) is 4.98 Å². The number of hydrogen-bond acceptors (Lipinski definition) is 3. The molecule has 1 heterocycles. The zero-order chi connectivity index (χ0) is 13.7. The Hall–Kier alpha value is -0.930. The third-order valence-electron chi connectivity index (χ3n) is 3.38. The molecule has 1 aliphatic carbocycles. The molecule has 0 spiro atoms. The summed E-state index contributed by atoms with van der Waals surface area (Å²) in [7, 11) is 0. The van der Waals surface area contributed by atoms with Gasteiger partial charge in [0.25, 0.3) is 0 Å².